The molecule has 1 aromatic carbocycles. The number of hydrogen-bond acceptors (Lipinski definition) is 2. The van der Waals surface area contributed by atoms with Gasteiger partial charge in [-0.2, -0.15) is 0 Å². The van der Waals surface area contributed by atoms with Gasteiger partial charge in [0.15, 0.2) is 0 Å². The van der Waals surface area contributed by atoms with Gasteiger partial charge in [0.1, 0.15) is 5.82 Å². The first kappa shape index (κ1) is 13.3. The number of carboxylic acid groups (broad SMARTS) is 1. The summed E-state index contributed by atoms with van der Waals surface area (Å²) in [5.41, 5.74) is 1.43. The van der Waals surface area contributed by atoms with Crippen LogP contribution in [0.15, 0.2) is 30.4 Å². The predicted octanol–water partition coefficient (Wildman–Crippen LogP) is 2.13. The first-order valence-electron chi connectivity index (χ1n) is 6.01. The van der Waals surface area contributed by atoms with Crippen molar-refractivity contribution in [2.24, 2.45) is 0 Å². The molecule has 1 N–H and O–H groups in total. The minimum atomic E-state index is -1.17. The summed E-state index contributed by atoms with van der Waals surface area (Å²) in [5, 5.41) is 8.55. The minimum absolute atomic E-state index is 0.0380. The van der Waals surface area contributed by atoms with Crippen LogP contribution in [-0.4, -0.2) is 23.0 Å². The Morgan fingerprint density at radius 2 is 2.16 bits per heavy atom. The van der Waals surface area contributed by atoms with E-state index in [0.29, 0.717) is 12.1 Å². The van der Waals surface area contributed by atoms with Gasteiger partial charge in [-0.1, -0.05) is 0 Å². The number of aliphatic carboxylic acids is 1. The smallest absolute Gasteiger partial charge is 0.328 e. The number of benzene rings is 1. The summed E-state index contributed by atoms with van der Waals surface area (Å²) in [7, 11) is 0. The van der Waals surface area contributed by atoms with E-state index in [1.807, 2.05) is 6.92 Å². The number of carbonyl (C=O) groups excluding carboxylic acids is 1. The molecule has 1 heterocycles. The van der Waals surface area contributed by atoms with Gasteiger partial charge >= 0.3 is 5.97 Å². The molecule has 1 aliphatic rings. The first-order valence-corrected chi connectivity index (χ1v) is 6.01. The van der Waals surface area contributed by atoms with E-state index in [-0.39, 0.29) is 11.9 Å². The highest BCUT2D eigenvalue weighted by Gasteiger charge is 2.27. The van der Waals surface area contributed by atoms with E-state index in [4.69, 9.17) is 5.11 Å². The third kappa shape index (κ3) is 2.81. The van der Waals surface area contributed by atoms with Gasteiger partial charge in [-0.15, -0.1) is 0 Å². The molecule has 0 spiro atoms. The molecular weight excluding hydrogens is 249 g/mol. The summed E-state index contributed by atoms with van der Waals surface area (Å²) in [5.74, 6) is -1.90. The van der Waals surface area contributed by atoms with Gasteiger partial charge in [0, 0.05) is 23.9 Å². The summed E-state index contributed by atoms with van der Waals surface area (Å²) in [4.78, 5) is 24.0. The van der Waals surface area contributed by atoms with Crippen LogP contribution in [0.5, 0.6) is 0 Å². The number of carbonyl (C=O) groups is 2. The molecule has 0 fully saturated rings. The van der Waals surface area contributed by atoms with E-state index < -0.39 is 11.9 Å². The van der Waals surface area contributed by atoms with Crippen LogP contribution in [0.1, 0.15) is 18.9 Å². The van der Waals surface area contributed by atoms with Crippen molar-refractivity contribution in [1.29, 1.82) is 0 Å². The van der Waals surface area contributed by atoms with Crippen molar-refractivity contribution in [3.8, 4) is 0 Å². The maximum absolute atomic E-state index is 13.2. The number of hydrogen-bond donors (Lipinski definition) is 1. The van der Waals surface area contributed by atoms with Crippen LogP contribution in [0.2, 0.25) is 0 Å². The number of halogens is 1. The topological polar surface area (TPSA) is 57.6 Å². The van der Waals surface area contributed by atoms with Crippen LogP contribution in [0, 0.1) is 5.82 Å². The fourth-order valence-corrected chi connectivity index (χ4v) is 2.28. The predicted molar refractivity (Wildman–Crippen MR) is 68.4 cm³/mol. The lowest BCUT2D eigenvalue weighted by molar-refractivity contribution is -0.131. The maximum Gasteiger partial charge on any atom is 0.328 e. The van der Waals surface area contributed by atoms with Crippen molar-refractivity contribution in [3.63, 3.8) is 0 Å². The Bertz CT molecular complexity index is 554. The summed E-state index contributed by atoms with van der Waals surface area (Å²) in [6, 6.07) is 4.25. The Morgan fingerprint density at radius 3 is 2.84 bits per heavy atom. The van der Waals surface area contributed by atoms with E-state index in [2.05, 4.69) is 0 Å². The van der Waals surface area contributed by atoms with Gasteiger partial charge in [-0.25, -0.2) is 9.18 Å². The molecule has 0 saturated carbocycles. The maximum atomic E-state index is 13.2. The molecule has 2 rings (SSSR count). The van der Waals surface area contributed by atoms with Gasteiger partial charge in [0.2, 0.25) is 0 Å². The van der Waals surface area contributed by atoms with Gasteiger partial charge in [-0.05, 0) is 43.5 Å². The monoisotopic (exact) mass is 263 g/mol. The second-order valence-electron chi connectivity index (χ2n) is 4.54. The average Bonchev–Trinajstić information content (AvgIpc) is 2.36. The molecule has 4 nitrogen and oxygen atoms in total. The van der Waals surface area contributed by atoms with Gasteiger partial charge in [0.05, 0.1) is 0 Å². The zero-order valence-electron chi connectivity index (χ0n) is 10.5. The second-order valence-corrected chi connectivity index (χ2v) is 4.54. The zero-order valence-corrected chi connectivity index (χ0v) is 10.5. The summed E-state index contributed by atoms with van der Waals surface area (Å²) in [6.45, 7) is 1.89. The van der Waals surface area contributed by atoms with Crippen molar-refractivity contribution in [3.05, 3.63) is 41.7 Å². The van der Waals surface area contributed by atoms with Crippen LogP contribution in [0.4, 0.5) is 10.1 Å². The highest BCUT2D eigenvalue weighted by Crippen LogP contribution is 2.31. The van der Waals surface area contributed by atoms with Crippen molar-refractivity contribution in [1.82, 2.24) is 0 Å². The molecule has 1 amide bonds. The van der Waals surface area contributed by atoms with E-state index in [9.17, 15) is 14.0 Å². The fourth-order valence-electron chi connectivity index (χ4n) is 2.28. The number of fused-ring (bicyclic) bond motifs is 1. The molecule has 5 heteroatoms. The van der Waals surface area contributed by atoms with Crippen molar-refractivity contribution >= 4 is 17.6 Å². The van der Waals surface area contributed by atoms with Gasteiger partial charge in [0.25, 0.3) is 5.91 Å². The number of aryl methyl sites for hydroxylation is 1. The number of anilines is 1. The Balaban J connectivity index is 2.35. The lowest BCUT2D eigenvalue weighted by Gasteiger charge is -2.34. The van der Waals surface area contributed by atoms with Crippen LogP contribution in [0.25, 0.3) is 0 Å². The zero-order chi connectivity index (χ0) is 14.0. The lowest BCUT2D eigenvalue weighted by atomic mass is 9.96. The molecule has 0 bridgehead atoms. The van der Waals surface area contributed by atoms with Crippen LogP contribution < -0.4 is 4.90 Å². The van der Waals surface area contributed by atoms with Crippen LogP contribution >= 0.6 is 0 Å². The standard InChI is InChI=1S/C14H14FNO3/c1-9-2-3-10-8-11(15)4-5-12(10)16(9)13(17)6-7-14(18)19/h4-9H,2-3H2,1H3,(H,18,19)/b7-6+. The molecule has 19 heavy (non-hydrogen) atoms. The van der Waals surface area contributed by atoms with E-state index in [1.54, 1.807) is 6.07 Å². The molecule has 0 radical (unpaired) electrons. The highest BCUT2D eigenvalue weighted by molar-refractivity contribution is 6.05. The van der Waals surface area contributed by atoms with Gasteiger partial charge < -0.3 is 10.0 Å². The Labute approximate surface area is 110 Å². The van der Waals surface area contributed by atoms with Crippen LogP contribution in [-0.2, 0) is 16.0 Å². The molecule has 1 aromatic rings. The number of nitrogens with zero attached hydrogens (tertiary/aromatic N) is 1. The quantitative estimate of drug-likeness (QED) is 0.832. The largest absolute Gasteiger partial charge is 0.478 e. The Hall–Kier alpha value is -2.17. The molecule has 100 valence electrons. The lowest BCUT2D eigenvalue weighted by Crippen LogP contribution is -2.41. The number of carboxylic acids is 1. The van der Waals surface area contributed by atoms with E-state index >= 15 is 0 Å². The van der Waals surface area contributed by atoms with E-state index in [1.165, 1.54) is 17.0 Å². The third-order valence-corrected chi connectivity index (χ3v) is 3.18. The van der Waals surface area contributed by atoms with Gasteiger partial charge in [-0.3, -0.25) is 4.79 Å². The third-order valence-electron chi connectivity index (χ3n) is 3.18. The SMILES string of the molecule is CC1CCc2cc(F)ccc2N1C(=O)/C=C/C(=O)O. The first-order chi connectivity index (χ1) is 8.99. The molecule has 0 aromatic heterocycles. The molecule has 1 aliphatic heterocycles. The minimum Gasteiger partial charge on any atom is -0.478 e. The van der Waals surface area contributed by atoms with Crippen molar-refractivity contribution in [2.45, 2.75) is 25.8 Å². The molecule has 0 aliphatic carbocycles. The van der Waals surface area contributed by atoms with Crippen molar-refractivity contribution < 1.29 is 19.1 Å². The Morgan fingerprint density at radius 1 is 1.42 bits per heavy atom. The summed E-state index contributed by atoms with van der Waals surface area (Å²) >= 11 is 0. The number of amides is 1. The van der Waals surface area contributed by atoms with Crippen molar-refractivity contribution in [2.75, 3.05) is 4.90 Å². The molecule has 1 unspecified atom stereocenters. The Kier molecular flexibility index (Phi) is 3.64. The summed E-state index contributed by atoms with van der Waals surface area (Å²) in [6.07, 6.45) is 3.27. The summed E-state index contributed by atoms with van der Waals surface area (Å²) < 4.78 is 13.2. The fraction of sp³-hybridized carbons (Fsp3) is 0.286. The molecular formula is C14H14FNO3. The average molecular weight is 263 g/mol. The molecule has 0 saturated heterocycles. The second kappa shape index (κ2) is 5.22. The highest BCUT2D eigenvalue weighted by atomic mass is 19.1. The normalized spacial score (nSPS) is 18.4. The van der Waals surface area contributed by atoms with E-state index in [0.717, 1.165) is 24.1 Å². The number of rotatable bonds is 2. The molecule has 1 atom stereocenters. The van der Waals surface area contributed by atoms with Crippen LogP contribution in [0.3, 0.4) is 0 Å².